The number of amides is 1. The van der Waals surface area contributed by atoms with E-state index in [2.05, 4.69) is 51.0 Å². The van der Waals surface area contributed by atoms with Crippen LogP contribution in [0, 0.1) is 0 Å². The smallest absolute Gasteiger partial charge is 0.275 e. The highest BCUT2D eigenvalue weighted by atomic mass is 32.1. The van der Waals surface area contributed by atoms with E-state index in [1.807, 2.05) is 35.7 Å². The molecule has 0 bridgehead atoms. The van der Waals surface area contributed by atoms with Crippen molar-refractivity contribution in [2.24, 2.45) is 0 Å². The van der Waals surface area contributed by atoms with Crippen LogP contribution in [-0.4, -0.2) is 41.8 Å². The summed E-state index contributed by atoms with van der Waals surface area (Å²) in [5.74, 6) is -0.190. The van der Waals surface area contributed by atoms with Crippen LogP contribution in [0.3, 0.4) is 0 Å². The summed E-state index contributed by atoms with van der Waals surface area (Å²) in [5.41, 5.74) is 4.61. The van der Waals surface area contributed by atoms with Crippen LogP contribution in [-0.2, 0) is 11.3 Å². The number of carbonyl (C=O) groups is 1. The van der Waals surface area contributed by atoms with E-state index in [1.54, 1.807) is 0 Å². The molecule has 0 spiro atoms. The monoisotopic (exact) mass is 446 g/mol. The molecule has 0 unspecified atom stereocenters. The summed E-state index contributed by atoms with van der Waals surface area (Å²) in [6.45, 7) is 6.37. The number of ether oxygens (including phenoxy) is 1. The Kier molecular flexibility index (Phi) is 5.92. The number of carbonyl (C=O) groups excluding carboxylic acids is 1. The molecule has 0 radical (unpaired) electrons. The fraction of sp³-hybridized carbons (Fsp3) is 0.280. The summed E-state index contributed by atoms with van der Waals surface area (Å²) in [6, 6.07) is 18.5. The van der Waals surface area contributed by atoms with E-state index in [9.17, 15) is 4.79 Å². The molecule has 1 amide bonds. The number of nitrogens with zero attached hydrogens (tertiary/aromatic N) is 3. The second-order valence-electron chi connectivity index (χ2n) is 7.88. The summed E-state index contributed by atoms with van der Waals surface area (Å²) < 4.78 is 7.70. The molecular weight excluding hydrogens is 420 g/mol. The van der Waals surface area contributed by atoms with Crippen molar-refractivity contribution >= 4 is 39.5 Å². The lowest BCUT2D eigenvalue weighted by atomic mass is 10.2. The highest BCUT2D eigenvalue weighted by Crippen LogP contribution is 2.31. The molecule has 164 valence electrons. The van der Waals surface area contributed by atoms with Gasteiger partial charge in [-0.1, -0.05) is 25.1 Å². The van der Waals surface area contributed by atoms with Gasteiger partial charge in [0.05, 0.1) is 18.9 Å². The van der Waals surface area contributed by atoms with Gasteiger partial charge in [-0.05, 0) is 42.8 Å². The minimum Gasteiger partial charge on any atom is -0.378 e. The second kappa shape index (κ2) is 9.14. The topological polar surface area (TPSA) is 59.4 Å². The van der Waals surface area contributed by atoms with Crippen LogP contribution in [0.25, 0.3) is 21.6 Å². The third kappa shape index (κ3) is 4.13. The van der Waals surface area contributed by atoms with E-state index in [4.69, 9.17) is 4.74 Å². The second-order valence-corrected chi connectivity index (χ2v) is 8.74. The van der Waals surface area contributed by atoms with Gasteiger partial charge in [0.25, 0.3) is 5.91 Å². The van der Waals surface area contributed by atoms with Crippen molar-refractivity contribution in [1.82, 2.24) is 9.55 Å². The van der Waals surface area contributed by atoms with Gasteiger partial charge in [0, 0.05) is 47.3 Å². The molecule has 32 heavy (non-hydrogen) atoms. The van der Waals surface area contributed by atoms with Gasteiger partial charge in [0.1, 0.15) is 10.7 Å². The molecule has 0 atom stereocenters. The molecule has 2 aromatic carbocycles. The molecular formula is C25H26N4O2S. The first-order valence-electron chi connectivity index (χ1n) is 11.0. The lowest BCUT2D eigenvalue weighted by molar-refractivity contribution is 0.102. The average Bonchev–Trinajstić information content (AvgIpc) is 3.46. The Morgan fingerprint density at radius 2 is 1.91 bits per heavy atom. The Labute approximate surface area is 191 Å². The zero-order chi connectivity index (χ0) is 21.9. The van der Waals surface area contributed by atoms with Crippen molar-refractivity contribution in [2.75, 3.05) is 36.5 Å². The Balaban J connectivity index is 1.33. The van der Waals surface area contributed by atoms with E-state index in [0.717, 1.165) is 61.3 Å². The van der Waals surface area contributed by atoms with Crippen LogP contribution in [0.5, 0.6) is 0 Å². The Morgan fingerprint density at radius 3 is 2.69 bits per heavy atom. The van der Waals surface area contributed by atoms with Crippen molar-refractivity contribution < 1.29 is 9.53 Å². The zero-order valence-corrected chi connectivity index (χ0v) is 18.9. The number of thiazole rings is 1. The van der Waals surface area contributed by atoms with Gasteiger partial charge in [-0.15, -0.1) is 11.3 Å². The average molecular weight is 447 g/mol. The SMILES string of the molecule is CCCn1c(-c2nc(C(=O)Nc3ccc(N4CCOCC4)cc3)cs2)cc2ccccc21. The van der Waals surface area contributed by atoms with Gasteiger partial charge in [-0.2, -0.15) is 0 Å². The molecule has 3 heterocycles. The van der Waals surface area contributed by atoms with Gasteiger partial charge in [-0.3, -0.25) is 4.79 Å². The van der Waals surface area contributed by atoms with Crippen molar-refractivity contribution in [3.8, 4) is 10.7 Å². The molecule has 1 N–H and O–H groups in total. The summed E-state index contributed by atoms with van der Waals surface area (Å²) in [5, 5.41) is 6.86. The number of aryl methyl sites for hydroxylation is 1. The van der Waals surface area contributed by atoms with Crippen molar-refractivity contribution in [3.05, 3.63) is 65.7 Å². The van der Waals surface area contributed by atoms with Crippen molar-refractivity contribution in [1.29, 1.82) is 0 Å². The number of anilines is 2. The Hall–Kier alpha value is -3.16. The van der Waals surface area contributed by atoms with E-state index >= 15 is 0 Å². The first-order chi connectivity index (χ1) is 15.7. The van der Waals surface area contributed by atoms with Crippen LogP contribution in [0.4, 0.5) is 11.4 Å². The Morgan fingerprint density at radius 1 is 1.12 bits per heavy atom. The highest BCUT2D eigenvalue weighted by molar-refractivity contribution is 7.13. The largest absolute Gasteiger partial charge is 0.378 e. The number of hydrogen-bond acceptors (Lipinski definition) is 5. The molecule has 0 aliphatic carbocycles. The molecule has 1 saturated heterocycles. The van der Waals surface area contributed by atoms with Gasteiger partial charge in [0.15, 0.2) is 0 Å². The summed E-state index contributed by atoms with van der Waals surface area (Å²) in [6.07, 6.45) is 1.03. The molecule has 0 saturated carbocycles. The van der Waals surface area contributed by atoms with Gasteiger partial charge >= 0.3 is 0 Å². The first-order valence-corrected chi connectivity index (χ1v) is 11.9. The maximum atomic E-state index is 12.8. The molecule has 6 nitrogen and oxygen atoms in total. The van der Waals surface area contributed by atoms with Crippen molar-refractivity contribution in [2.45, 2.75) is 19.9 Å². The lowest BCUT2D eigenvalue weighted by Gasteiger charge is -2.28. The fourth-order valence-electron chi connectivity index (χ4n) is 4.12. The maximum Gasteiger partial charge on any atom is 0.275 e. The molecule has 2 aromatic heterocycles. The molecule has 1 aliphatic rings. The number of benzene rings is 2. The van der Waals surface area contributed by atoms with Crippen LogP contribution < -0.4 is 10.2 Å². The standard InChI is InChI=1S/C25H26N4O2S/c1-2-11-29-22-6-4-3-5-18(22)16-23(29)25-27-21(17-32-25)24(30)26-19-7-9-20(10-8-19)28-12-14-31-15-13-28/h3-10,16-17H,2,11-15H2,1H3,(H,26,30). The maximum absolute atomic E-state index is 12.8. The van der Waals surface area contributed by atoms with Crippen LogP contribution >= 0.6 is 11.3 Å². The van der Waals surface area contributed by atoms with Crippen LogP contribution in [0.15, 0.2) is 60.0 Å². The molecule has 7 heteroatoms. The number of aromatic nitrogens is 2. The molecule has 4 aromatic rings. The number of hydrogen-bond donors (Lipinski definition) is 1. The van der Waals surface area contributed by atoms with E-state index in [0.29, 0.717) is 5.69 Å². The normalized spacial score (nSPS) is 14.1. The summed E-state index contributed by atoms with van der Waals surface area (Å²) >= 11 is 1.51. The first kappa shape index (κ1) is 20.7. The quantitative estimate of drug-likeness (QED) is 0.439. The minimum absolute atomic E-state index is 0.190. The summed E-state index contributed by atoms with van der Waals surface area (Å²) in [4.78, 5) is 19.8. The van der Waals surface area contributed by atoms with Gasteiger partial charge in [-0.25, -0.2) is 4.98 Å². The minimum atomic E-state index is -0.190. The van der Waals surface area contributed by atoms with Gasteiger partial charge < -0.3 is 19.5 Å². The molecule has 1 fully saturated rings. The number of rotatable bonds is 6. The summed E-state index contributed by atoms with van der Waals surface area (Å²) in [7, 11) is 0. The molecule has 5 rings (SSSR count). The Bertz CT molecular complexity index is 1220. The third-order valence-corrected chi connectivity index (χ3v) is 6.58. The predicted octanol–water partition coefficient (Wildman–Crippen LogP) is 5.26. The molecule has 1 aliphatic heterocycles. The van der Waals surface area contributed by atoms with E-state index < -0.39 is 0 Å². The number of nitrogens with one attached hydrogen (secondary N) is 1. The third-order valence-electron chi connectivity index (χ3n) is 5.72. The van der Waals surface area contributed by atoms with Gasteiger partial charge in [0.2, 0.25) is 0 Å². The van der Waals surface area contributed by atoms with Crippen LogP contribution in [0.1, 0.15) is 23.8 Å². The van der Waals surface area contributed by atoms with Crippen molar-refractivity contribution in [3.63, 3.8) is 0 Å². The van der Waals surface area contributed by atoms with Crippen LogP contribution in [0.2, 0.25) is 0 Å². The zero-order valence-electron chi connectivity index (χ0n) is 18.1. The number of fused-ring (bicyclic) bond motifs is 1. The predicted molar refractivity (Wildman–Crippen MR) is 131 cm³/mol. The van der Waals surface area contributed by atoms with E-state index in [1.165, 1.54) is 22.2 Å². The lowest BCUT2D eigenvalue weighted by Crippen LogP contribution is -2.36. The number of para-hydroxylation sites is 1. The van der Waals surface area contributed by atoms with E-state index in [-0.39, 0.29) is 5.91 Å². The number of morpholine rings is 1. The highest BCUT2D eigenvalue weighted by Gasteiger charge is 2.17. The fourth-order valence-corrected chi connectivity index (χ4v) is 4.94.